The van der Waals surface area contributed by atoms with Crippen molar-refractivity contribution < 1.29 is 12.8 Å². The normalized spacial score (nSPS) is 14.2. The van der Waals surface area contributed by atoms with E-state index in [9.17, 15) is 8.42 Å². The molecule has 0 saturated heterocycles. The van der Waals surface area contributed by atoms with E-state index < -0.39 is 10.0 Å². The van der Waals surface area contributed by atoms with Gasteiger partial charge in [0, 0.05) is 6.04 Å². The molecule has 5 nitrogen and oxygen atoms in total. The Bertz CT molecular complexity index is 451. The van der Waals surface area contributed by atoms with Crippen LogP contribution in [0.5, 0.6) is 0 Å². The van der Waals surface area contributed by atoms with Crippen molar-refractivity contribution in [1.82, 2.24) is 5.32 Å². The van der Waals surface area contributed by atoms with Crippen LogP contribution in [0.25, 0.3) is 0 Å². The Labute approximate surface area is 102 Å². The highest BCUT2D eigenvalue weighted by Crippen LogP contribution is 2.13. The van der Waals surface area contributed by atoms with Crippen molar-refractivity contribution >= 4 is 10.0 Å². The monoisotopic (exact) mass is 260 g/mol. The van der Waals surface area contributed by atoms with Crippen LogP contribution in [0, 0.1) is 5.92 Å². The molecule has 0 spiro atoms. The van der Waals surface area contributed by atoms with Crippen LogP contribution in [0.15, 0.2) is 21.6 Å². The quantitative estimate of drug-likeness (QED) is 0.810. The third kappa shape index (κ3) is 4.14. The zero-order valence-corrected chi connectivity index (χ0v) is 11.3. The largest absolute Gasteiger partial charge is 0.447 e. The number of nitrogens with two attached hydrogens (primary N) is 1. The average molecular weight is 260 g/mol. The summed E-state index contributed by atoms with van der Waals surface area (Å²) in [6.07, 6.45) is 1.01. The van der Waals surface area contributed by atoms with Gasteiger partial charge in [-0.15, -0.1) is 0 Å². The molecule has 0 amide bonds. The number of sulfonamides is 1. The molecule has 1 aromatic rings. The summed E-state index contributed by atoms with van der Waals surface area (Å²) in [6, 6.07) is 3.39. The van der Waals surface area contributed by atoms with Gasteiger partial charge in [-0.05, 0) is 24.5 Å². The molecule has 98 valence electrons. The highest BCUT2D eigenvalue weighted by atomic mass is 32.2. The lowest BCUT2D eigenvalue weighted by atomic mass is 10.0. The second-order valence-corrected chi connectivity index (χ2v) is 5.90. The maximum Gasteiger partial charge on any atom is 0.271 e. The second kappa shape index (κ2) is 5.66. The predicted octanol–water partition coefficient (Wildman–Crippen LogP) is 1.45. The zero-order valence-electron chi connectivity index (χ0n) is 10.4. The SMILES string of the molecule is CCC(NCc1ccc(S(N)(=O)=O)o1)C(C)C. The van der Waals surface area contributed by atoms with Crippen LogP contribution < -0.4 is 10.5 Å². The first-order valence-electron chi connectivity index (χ1n) is 5.69. The molecule has 1 rings (SSSR count). The maximum absolute atomic E-state index is 11.0. The maximum atomic E-state index is 11.0. The summed E-state index contributed by atoms with van der Waals surface area (Å²) in [5.41, 5.74) is 0. The van der Waals surface area contributed by atoms with Crippen LogP contribution in [0.3, 0.4) is 0 Å². The van der Waals surface area contributed by atoms with Crippen molar-refractivity contribution in [2.45, 2.75) is 44.9 Å². The lowest BCUT2D eigenvalue weighted by molar-refractivity contribution is 0.349. The molecule has 0 radical (unpaired) electrons. The first-order valence-corrected chi connectivity index (χ1v) is 7.24. The van der Waals surface area contributed by atoms with E-state index in [0.29, 0.717) is 24.3 Å². The Morgan fingerprint density at radius 2 is 2.06 bits per heavy atom. The second-order valence-electron chi connectivity index (χ2n) is 4.41. The molecule has 3 N–H and O–H groups in total. The van der Waals surface area contributed by atoms with Gasteiger partial charge in [-0.25, -0.2) is 13.6 Å². The van der Waals surface area contributed by atoms with Gasteiger partial charge in [0.1, 0.15) is 5.76 Å². The summed E-state index contributed by atoms with van der Waals surface area (Å²) in [5, 5.41) is 8.09. The van der Waals surface area contributed by atoms with Crippen LogP contribution in [-0.4, -0.2) is 14.5 Å². The summed E-state index contributed by atoms with van der Waals surface area (Å²) >= 11 is 0. The fourth-order valence-electron chi connectivity index (χ4n) is 1.69. The number of furan rings is 1. The summed E-state index contributed by atoms with van der Waals surface area (Å²) in [5.74, 6) is 1.10. The van der Waals surface area contributed by atoms with E-state index in [4.69, 9.17) is 9.56 Å². The summed E-state index contributed by atoms with van der Waals surface area (Å²) in [4.78, 5) is 0. The molecule has 0 aromatic carbocycles. The van der Waals surface area contributed by atoms with Gasteiger partial charge in [0.2, 0.25) is 5.09 Å². The molecule has 1 aromatic heterocycles. The topological polar surface area (TPSA) is 85.3 Å². The minimum atomic E-state index is -3.74. The molecule has 17 heavy (non-hydrogen) atoms. The van der Waals surface area contributed by atoms with Gasteiger partial charge >= 0.3 is 0 Å². The molecule has 0 aliphatic carbocycles. The van der Waals surface area contributed by atoms with Gasteiger partial charge in [0.05, 0.1) is 6.54 Å². The van der Waals surface area contributed by atoms with E-state index in [-0.39, 0.29) is 5.09 Å². The standard InChI is InChI=1S/C11H20N2O3S/c1-4-10(8(2)3)13-7-9-5-6-11(16-9)17(12,14)15/h5-6,8,10,13H,4,7H2,1-3H3,(H2,12,14,15). The number of hydrogen-bond acceptors (Lipinski definition) is 4. The lowest BCUT2D eigenvalue weighted by Gasteiger charge is -2.19. The van der Waals surface area contributed by atoms with Gasteiger partial charge < -0.3 is 9.73 Å². The van der Waals surface area contributed by atoms with E-state index in [1.165, 1.54) is 6.07 Å². The molecule has 0 aliphatic heterocycles. The third-order valence-electron chi connectivity index (χ3n) is 2.70. The average Bonchev–Trinajstić information content (AvgIpc) is 2.66. The van der Waals surface area contributed by atoms with Crippen molar-refractivity contribution in [3.63, 3.8) is 0 Å². The van der Waals surface area contributed by atoms with Crippen LogP contribution in [0.2, 0.25) is 0 Å². The minimum absolute atomic E-state index is 0.188. The molecule has 0 fully saturated rings. The van der Waals surface area contributed by atoms with E-state index in [0.717, 1.165) is 6.42 Å². The van der Waals surface area contributed by atoms with E-state index in [2.05, 4.69) is 26.1 Å². The van der Waals surface area contributed by atoms with Crippen molar-refractivity contribution in [2.75, 3.05) is 0 Å². The molecule has 1 heterocycles. The number of nitrogens with one attached hydrogen (secondary N) is 1. The molecule has 0 aliphatic rings. The molecular formula is C11H20N2O3S. The summed E-state index contributed by atoms with van der Waals surface area (Å²) < 4.78 is 27.2. The Balaban J connectivity index is 2.62. The highest BCUT2D eigenvalue weighted by Gasteiger charge is 2.15. The van der Waals surface area contributed by atoms with Crippen LogP contribution in [0.4, 0.5) is 0 Å². The summed E-state index contributed by atoms with van der Waals surface area (Å²) in [6.45, 7) is 6.89. The van der Waals surface area contributed by atoms with Crippen molar-refractivity contribution in [2.24, 2.45) is 11.1 Å². The number of hydrogen-bond donors (Lipinski definition) is 2. The highest BCUT2D eigenvalue weighted by molar-refractivity contribution is 7.89. The van der Waals surface area contributed by atoms with Gasteiger partial charge in [-0.3, -0.25) is 0 Å². The number of primary sulfonamides is 1. The predicted molar refractivity (Wildman–Crippen MR) is 65.8 cm³/mol. The smallest absolute Gasteiger partial charge is 0.271 e. The Hall–Kier alpha value is -0.850. The fraction of sp³-hybridized carbons (Fsp3) is 0.636. The Morgan fingerprint density at radius 3 is 2.47 bits per heavy atom. The Morgan fingerprint density at radius 1 is 1.41 bits per heavy atom. The first-order chi connectivity index (χ1) is 7.84. The molecule has 0 bridgehead atoms. The zero-order chi connectivity index (χ0) is 13.1. The van der Waals surface area contributed by atoms with Crippen molar-refractivity contribution in [1.29, 1.82) is 0 Å². The van der Waals surface area contributed by atoms with Gasteiger partial charge in [0.25, 0.3) is 10.0 Å². The Kier molecular flexibility index (Phi) is 4.73. The van der Waals surface area contributed by atoms with Crippen LogP contribution in [-0.2, 0) is 16.6 Å². The van der Waals surface area contributed by atoms with Crippen LogP contribution >= 0.6 is 0 Å². The molecule has 1 unspecified atom stereocenters. The van der Waals surface area contributed by atoms with Gasteiger partial charge in [0.15, 0.2) is 0 Å². The molecule has 1 atom stereocenters. The van der Waals surface area contributed by atoms with E-state index >= 15 is 0 Å². The van der Waals surface area contributed by atoms with Crippen molar-refractivity contribution in [3.05, 3.63) is 17.9 Å². The van der Waals surface area contributed by atoms with Gasteiger partial charge in [-0.2, -0.15) is 0 Å². The summed E-state index contributed by atoms with van der Waals surface area (Å²) in [7, 11) is -3.74. The molecule has 6 heteroatoms. The van der Waals surface area contributed by atoms with Gasteiger partial charge in [-0.1, -0.05) is 20.8 Å². The minimum Gasteiger partial charge on any atom is -0.447 e. The first kappa shape index (κ1) is 14.2. The lowest BCUT2D eigenvalue weighted by Crippen LogP contribution is -2.32. The van der Waals surface area contributed by atoms with Crippen LogP contribution in [0.1, 0.15) is 33.0 Å². The molecule has 0 saturated carbocycles. The number of rotatable bonds is 6. The van der Waals surface area contributed by atoms with Crippen molar-refractivity contribution in [3.8, 4) is 0 Å². The molecular weight excluding hydrogens is 240 g/mol. The third-order valence-corrected chi connectivity index (χ3v) is 3.48. The van der Waals surface area contributed by atoms with E-state index in [1.54, 1.807) is 6.07 Å². The van der Waals surface area contributed by atoms with E-state index in [1.807, 2.05) is 0 Å². The fourth-order valence-corrected chi connectivity index (χ4v) is 2.17.